The lowest BCUT2D eigenvalue weighted by atomic mass is 10.1. The van der Waals surface area contributed by atoms with Crippen molar-refractivity contribution in [2.24, 2.45) is 0 Å². The van der Waals surface area contributed by atoms with Crippen molar-refractivity contribution in [2.45, 2.75) is 86.4 Å². The van der Waals surface area contributed by atoms with E-state index in [0.29, 0.717) is 259 Å². The number of nitrogens with zero attached hydrogens (tertiary/aromatic N) is 17. The number of hydrogen-bond acceptors (Lipinski definition) is 27. The third-order valence-corrected chi connectivity index (χ3v) is 27.4. The number of rotatable bonds is 35. The van der Waals surface area contributed by atoms with E-state index in [9.17, 15) is 43.2 Å². The van der Waals surface area contributed by atoms with Crippen molar-refractivity contribution in [3.05, 3.63) is 294 Å². The molecule has 0 saturated carbocycles. The van der Waals surface area contributed by atoms with E-state index in [2.05, 4.69) is 52.8 Å². The van der Waals surface area contributed by atoms with Crippen molar-refractivity contribution in [1.29, 1.82) is 0 Å². The zero-order valence-electron chi connectivity index (χ0n) is 85.5. The second-order valence-corrected chi connectivity index (χ2v) is 39.6. The highest BCUT2D eigenvalue weighted by molar-refractivity contribution is 6.31. The van der Waals surface area contributed by atoms with Crippen molar-refractivity contribution < 1.29 is 61.9 Å². The Labute approximate surface area is 872 Å². The lowest BCUT2D eigenvalue weighted by Crippen LogP contribution is -2.50. The van der Waals surface area contributed by atoms with Gasteiger partial charge in [-0.1, -0.05) is 83.4 Å². The van der Waals surface area contributed by atoms with E-state index in [0.717, 1.165) is 64.5 Å². The molecule has 12 aromatic rings. The van der Waals surface area contributed by atoms with Crippen molar-refractivity contribution in [3.63, 3.8) is 0 Å². The molecule has 33 nitrogen and oxygen atoms in total. The van der Waals surface area contributed by atoms with Gasteiger partial charge in [0.1, 0.15) is 52.0 Å². The first-order valence-corrected chi connectivity index (χ1v) is 51.6. The number of halogens is 2. The number of benzene rings is 9. The van der Waals surface area contributed by atoms with Crippen molar-refractivity contribution in [3.8, 4) is 51.6 Å². The molecule has 148 heavy (non-hydrogen) atoms. The number of Topliss-reactive ketones (excluding diaryl/α,β-unsaturated/α-hetero) is 3. The Hall–Kier alpha value is -13.4. The number of piperazine rings is 5. The number of carbonyl (C=O) groups is 6. The lowest BCUT2D eigenvalue weighted by Gasteiger charge is -2.35. The van der Waals surface area contributed by atoms with Crippen LogP contribution in [0.1, 0.15) is 95.7 Å². The number of para-hydroxylation sites is 3. The Morgan fingerprint density at radius 2 is 0.642 bits per heavy atom. The van der Waals surface area contributed by atoms with Gasteiger partial charge in [-0.15, -0.1) is 6.58 Å². The van der Waals surface area contributed by atoms with E-state index < -0.39 is 0 Å². The molecule has 0 aliphatic carbocycles. The third kappa shape index (κ3) is 28.3. The number of fused-ring (bicyclic) bond motifs is 3. The second-order valence-electron chi connectivity index (χ2n) is 38.8. The molecule has 3 aromatic heterocycles. The monoisotopic (exact) mass is 2050 g/mol. The van der Waals surface area contributed by atoms with Crippen LogP contribution in [0.15, 0.2) is 227 Å². The van der Waals surface area contributed by atoms with E-state index >= 15 is 0 Å². The van der Waals surface area contributed by atoms with Gasteiger partial charge in [0.05, 0.1) is 121 Å². The predicted octanol–water partition coefficient (Wildman–Crippen LogP) is 12.2. The van der Waals surface area contributed by atoms with Crippen LogP contribution in [0.5, 0.6) is 34.5 Å². The Morgan fingerprint density at radius 3 is 0.953 bits per heavy atom. The molecule has 9 aromatic carbocycles. The van der Waals surface area contributed by atoms with Gasteiger partial charge in [-0.3, -0.25) is 91.2 Å². The summed E-state index contributed by atoms with van der Waals surface area (Å²) in [6, 6.07) is 59.3. The van der Waals surface area contributed by atoms with Crippen LogP contribution in [0.3, 0.4) is 0 Å². The maximum Gasteiger partial charge on any atom is 0.266 e. The molecule has 0 spiro atoms. The van der Waals surface area contributed by atoms with Crippen LogP contribution in [-0.4, -0.2) is 346 Å². The normalized spacial score (nSPS) is 16.1. The van der Waals surface area contributed by atoms with Gasteiger partial charge in [0.25, 0.3) is 34.4 Å². The number of aryl methyl sites for hydroxylation is 1. The van der Waals surface area contributed by atoms with Crippen molar-refractivity contribution in [1.82, 2.24) is 82.6 Å². The predicted molar refractivity (Wildman–Crippen MR) is 573 cm³/mol. The van der Waals surface area contributed by atoms with Crippen LogP contribution >= 0.6 is 23.2 Å². The van der Waals surface area contributed by atoms with Crippen LogP contribution < -0.4 is 45.1 Å². The van der Waals surface area contributed by atoms with Gasteiger partial charge in [-0.2, -0.15) is 0 Å². The largest absolute Gasteiger partial charge is 0.489 e. The Bertz CT molecular complexity index is 6860. The second kappa shape index (κ2) is 51.0. The molecular weight excluding hydrogens is 1920 g/mol. The number of ketones is 3. The van der Waals surface area contributed by atoms with Crippen molar-refractivity contribution >= 4 is 91.0 Å². The zero-order valence-corrected chi connectivity index (χ0v) is 87.0. The van der Waals surface area contributed by atoms with Gasteiger partial charge in [0, 0.05) is 177 Å². The Kier molecular flexibility index (Phi) is 37.0. The zero-order chi connectivity index (χ0) is 104. The summed E-state index contributed by atoms with van der Waals surface area (Å²) in [5.74, 6) is 4.61. The first-order chi connectivity index (χ1) is 71.6. The van der Waals surface area contributed by atoms with E-state index in [4.69, 9.17) is 71.3 Å². The van der Waals surface area contributed by atoms with Gasteiger partial charge in [-0.25, -0.2) is 15.0 Å². The molecule has 0 bridgehead atoms. The molecule has 9 heterocycles. The summed E-state index contributed by atoms with van der Waals surface area (Å²) in [6.07, 6.45) is 1.42. The lowest BCUT2D eigenvalue weighted by molar-refractivity contribution is -0.135. The summed E-state index contributed by atoms with van der Waals surface area (Å²) in [4.78, 5) is 160. The standard InChI is InChI=1S/C39H45ClN6O5.C37H43ClN6O5.C37H43N5O6/c1-4-15-42-16-18-43(19-17-42)25-35(47)29-9-14-36(51-28(2)3)34(24-29)46-37(41-33-8-6-5-7-32(33)39(46)49)26-44-20-22-45(23-21-44)38(48)27-50-31-12-10-30(40)11-13-31;1-26(2)49-34-13-8-27(33(45)23-41-16-14-40(3)15-17-41)22-32(34)44-35(39-31-7-5-4-6-30(31)37(44)47)24-42-18-20-43(21-19-42)36(46)25-48-29-11-9-28(38)10-12-29;1-26(2)48-34-13-10-28(33(43)23-40-18-20-46-21-19-40)22-32(34)42-35(38-31-7-5-4-6-30(31)37(42)45)24-39-14-16-41(17-15-39)36(44)25-47-29-11-8-27(3)9-12-29/h4-14,24,28H,1,15-23,25-27H2,2-3H3;4-13,22,26H,14-21,23-25H2,1-3H3;4-13,22,26H,14-21,23-25H2,1-3H3. The first kappa shape index (κ1) is 107. The maximum absolute atomic E-state index is 14.3. The molecular formula is C113H131Cl2N17O16. The highest BCUT2D eigenvalue weighted by Gasteiger charge is 2.33. The highest BCUT2D eigenvalue weighted by Crippen LogP contribution is 2.34. The third-order valence-electron chi connectivity index (χ3n) is 26.8. The minimum absolute atomic E-state index is 0.00826. The molecule has 6 fully saturated rings. The Morgan fingerprint density at radius 1 is 0.358 bits per heavy atom. The minimum Gasteiger partial charge on any atom is -0.489 e. The molecule has 6 aliphatic rings. The van der Waals surface area contributed by atoms with Crippen LogP contribution in [0.2, 0.25) is 10.0 Å². The summed E-state index contributed by atoms with van der Waals surface area (Å²) in [5, 5.41) is 2.64. The van der Waals surface area contributed by atoms with Crippen LogP contribution in [0.4, 0.5) is 0 Å². The number of carbonyl (C=O) groups excluding carboxylic acids is 6. The first-order valence-electron chi connectivity index (χ1n) is 50.9. The topological polar surface area (TPSA) is 307 Å². The molecule has 3 amide bonds. The van der Waals surface area contributed by atoms with Gasteiger partial charge < -0.3 is 52.8 Å². The number of ether oxygens (including phenoxy) is 7. The number of amides is 3. The molecule has 18 rings (SSSR count). The van der Waals surface area contributed by atoms with Crippen LogP contribution in [0, 0.1) is 6.92 Å². The Balaban J connectivity index is 0.000000158. The fraction of sp³-hybridized carbons (Fsp3) is 0.398. The van der Waals surface area contributed by atoms with E-state index in [1.54, 1.807) is 145 Å². The fourth-order valence-electron chi connectivity index (χ4n) is 18.7. The molecule has 0 radical (unpaired) electrons. The summed E-state index contributed by atoms with van der Waals surface area (Å²) >= 11 is 11.9. The number of morpholine rings is 1. The summed E-state index contributed by atoms with van der Waals surface area (Å²) in [5.41, 5.74) is 5.20. The SMILES string of the molecule is C=CCN1CCN(CC(=O)c2ccc(OC(C)C)c(-n3c(CN4CCN(C(=O)COc5ccc(Cl)cc5)CC4)nc4ccccc4c3=O)c2)CC1.CC(C)Oc1ccc(C(=O)CN2CCN(C)CC2)cc1-n1c(CN2CCN(C(=O)COc3ccc(Cl)cc3)CC2)nc2ccccc2c1=O.Cc1ccc(OCC(=O)N2CCN(Cc3nc4ccccc4c(=O)n3-c3cc(C(=O)CN4CCOCC4)ccc3OC(C)C)CC2)cc1. The molecule has 6 saturated heterocycles. The van der Waals surface area contributed by atoms with Crippen LogP contribution in [-0.2, 0) is 38.8 Å². The summed E-state index contributed by atoms with van der Waals surface area (Å²) in [7, 11) is 2.09. The average molecular weight is 2050 g/mol. The van der Waals surface area contributed by atoms with E-state index in [1.807, 2.05) is 138 Å². The van der Waals surface area contributed by atoms with Gasteiger partial charge >= 0.3 is 0 Å². The fourth-order valence-corrected chi connectivity index (χ4v) is 18.9. The molecule has 35 heteroatoms. The minimum atomic E-state index is -0.236. The van der Waals surface area contributed by atoms with Gasteiger partial charge in [0.2, 0.25) is 0 Å². The van der Waals surface area contributed by atoms with Gasteiger partial charge in [0.15, 0.2) is 37.2 Å². The molecule has 0 unspecified atom stereocenters. The highest BCUT2D eigenvalue weighted by atomic mass is 35.5. The smallest absolute Gasteiger partial charge is 0.266 e. The van der Waals surface area contributed by atoms with Crippen molar-refractivity contribution in [2.75, 3.05) is 210 Å². The van der Waals surface area contributed by atoms with E-state index in [-0.39, 0.29) is 103 Å². The van der Waals surface area contributed by atoms with Gasteiger partial charge in [-0.05, 0) is 207 Å². The van der Waals surface area contributed by atoms with E-state index in [1.165, 1.54) is 0 Å². The average Bonchev–Trinajstić information content (AvgIpc) is 0.765. The molecule has 6 aliphatic heterocycles. The summed E-state index contributed by atoms with van der Waals surface area (Å²) < 4.78 is 46.0. The number of likely N-dealkylation sites (N-methyl/N-ethyl adjacent to an activating group) is 1. The maximum atomic E-state index is 14.3. The quantitative estimate of drug-likeness (QED) is 0.0263. The number of aromatic nitrogens is 6. The molecule has 0 atom stereocenters. The van der Waals surface area contributed by atoms with Crippen LogP contribution in [0.25, 0.3) is 49.8 Å². The molecule has 778 valence electrons. The number of hydrogen-bond donors (Lipinski definition) is 0. The molecule has 0 N–H and O–H groups in total. The summed E-state index contributed by atoms with van der Waals surface area (Å²) in [6.45, 7) is 36.2.